The molecule has 0 aliphatic carbocycles. The molecule has 8 bridgehead atoms. The lowest BCUT2D eigenvalue weighted by Crippen LogP contribution is -2.07. The summed E-state index contributed by atoms with van der Waals surface area (Å²) in [6, 6.07) is 21.7. The summed E-state index contributed by atoms with van der Waals surface area (Å²) in [5.74, 6) is 0.0311. The first kappa shape index (κ1) is 21.6. The Kier molecular flexibility index (Phi) is 5.19. The molecule has 0 saturated carbocycles. The molecule has 0 saturated heterocycles. The third-order valence-electron chi connectivity index (χ3n) is 5.89. The van der Waals surface area contributed by atoms with E-state index in [1.165, 1.54) is 0 Å². The van der Waals surface area contributed by atoms with Crippen LogP contribution in [0.3, 0.4) is 0 Å². The molecule has 0 unspecified atom stereocenters. The topological polar surface area (TPSA) is 83.7 Å². The predicted molar refractivity (Wildman–Crippen MR) is 145 cm³/mol. The lowest BCUT2D eigenvalue weighted by atomic mass is 10.1. The van der Waals surface area contributed by atoms with Gasteiger partial charge in [-0.25, -0.2) is 14.8 Å². The number of H-pyrrole nitrogens is 2. The highest BCUT2D eigenvalue weighted by Crippen LogP contribution is 2.29. The monoisotopic (exact) mass is 470 g/mol. The van der Waals surface area contributed by atoms with Crippen LogP contribution in [0.1, 0.15) is 29.7 Å². The first-order chi connectivity index (χ1) is 17.5. The molecule has 0 spiro atoms. The van der Waals surface area contributed by atoms with E-state index >= 15 is 0 Å². The van der Waals surface area contributed by atoms with Crippen LogP contribution in [0.2, 0.25) is 0 Å². The van der Waals surface area contributed by atoms with Crippen molar-refractivity contribution in [1.82, 2.24) is 19.9 Å². The van der Waals surface area contributed by atoms with Gasteiger partial charge in [-0.1, -0.05) is 18.7 Å². The maximum Gasteiger partial charge on any atom is 0.338 e. The lowest BCUT2D eigenvalue weighted by molar-refractivity contribution is -0.130. The Morgan fingerprint density at radius 2 is 1.28 bits per heavy atom. The molecule has 1 aromatic carbocycles. The van der Waals surface area contributed by atoms with Crippen LogP contribution >= 0.6 is 0 Å². The van der Waals surface area contributed by atoms with Crippen molar-refractivity contribution in [2.45, 2.75) is 6.92 Å². The molecule has 6 rings (SSSR count). The van der Waals surface area contributed by atoms with Gasteiger partial charge in [0, 0.05) is 33.2 Å². The quantitative estimate of drug-likeness (QED) is 0.169. The standard InChI is InChI=1S/C30H22N4O2/c1-18(2)30(35)36-27-11-3-19(4-12-27)28-16-26-15-24-8-7-22(32-24)13-20-5-6-21(31-20)14-23-9-10-25(33-23)17-29(28)34-26/h3-17,31,34H,1H2,2H3. The Morgan fingerprint density at radius 1 is 0.722 bits per heavy atom. The second-order valence-electron chi connectivity index (χ2n) is 8.78. The Hall–Kier alpha value is -4.97. The Morgan fingerprint density at radius 3 is 1.86 bits per heavy atom. The summed E-state index contributed by atoms with van der Waals surface area (Å²) in [7, 11) is 0. The van der Waals surface area contributed by atoms with Crippen molar-refractivity contribution in [1.29, 1.82) is 0 Å². The number of rotatable bonds is 3. The number of ether oxygens (including phenoxy) is 1. The van der Waals surface area contributed by atoms with E-state index < -0.39 is 5.97 Å². The number of aromatic amines is 2. The largest absolute Gasteiger partial charge is 0.423 e. The van der Waals surface area contributed by atoms with Crippen LogP contribution in [0.5, 0.6) is 5.75 Å². The number of aromatic nitrogens is 4. The first-order valence-corrected chi connectivity index (χ1v) is 11.6. The molecule has 0 amide bonds. The van der Waals surface area contributed by atoms with E-state index in [1.807, 2.05) is 72.8 Å². The molecule has 2 N–H and O–H groups in total. The van der Waals surface area contributed by atoms with Crippen LogP contribution in [0.15, 0.2) is 78.9 Å². The SMILES string of the molecule is C=C(C)C(=O)Oc1ccc(-c2cc3cc4nc(cc5ccc(cc6nc(cc2[nH]3)C=C6)[nH]5)C=C4)cc1. The minimum absolute atomic E-state index is 0.356. The summed E-state index contributed by atoms with van der Waals surface area (Å²) >= 11 is 0. The summed E-state index contributed by atoms with van der Waals surface area (Å²) in [4.78, 5) is 28.3. The summed E-state index contributed by atoms with van der Waals surface area (Å²) < 4.78 is 5.34. The zero-order valence-corrected chi connectivity index (χ0v) is 19.6. The van der Waals surface area contributed by atoms with Crippen molar-refractivity contribution in [3.05, 3.63) is 102 Å². The van der Waals surface area contributed by atoms with Crippen LogP contribution in [-0.2, 0) is 4.79 Å². The highest BCUT2D eigenvalue weighted by atomic mass is 16.5. The van der Waals surface area contributed by atoms with Gasteiger partial charge >= 0.3 is 5.97 Å². The van der Waals surface area contributed by atoms with E-state index in [2.05, 4.69) is 22.6 Å². The maximum atomic E-state index is 11.9. The van der Waals surface area contributed by atoms with E-state index in [-0.39, 0.29) is 0 Å². The van der Waals surface area contributed by atoms with Crippen LogP contribution < -0.4 is 4.74 Å². The third kappa shape index (κ3) is 4.40. The van der Waals surface area contributed by atoms with Gasteiger partial charge in [-0.05, 0) is 91.4 Å². The molecular formula is C30H22N4O2. The van der Waals surface area contributed by atoms with Gasteiger partial charge in [-0.3, -0.25) is 0 Å². The van der Waals surface area contributed by atoms with Crippen molar-refractivity contribution in [3.8, 4) is 16.9 Å². The molecule has 6 nitrogen and oxygen atoms in total. The molecule has 4 aromatic rings. The van der Waals surface area contributed by atoms with E-state index in [9.17, 15) is 4.79 Å². The van der Waals surface area contributed by atoms with Crippen molar-refractivity contribution in [2.75, 3.05) is 0 Å². The van der Waals surface area contributed by atoms with Gasteiger partial charge in [0.2, 0.25) is 0 Å². The average molecular weight is 471 g/mol. The molecule has 0 fully saturated rings. The third-order valence-corrected chi connectivity index (χ3v) is 5.89. The van der Waals surface area contributed by atoms with Gasteiger partial charge in [0.1, 0.15) is 5.75 Å². The normalized spacial score (nSPS) is 12.0. The summed E-state index contributed by atoms with van der Waals surface area (Å²) in [6.45, 7) is 5.25. The smallest absolute Gasteiger partial charge is 0.338 e. The Balaban J connectivity index is 1.52. The number of fused-ring (bicyclic) bond motifs is 8. The van der Waals surface area contributed by atoms with E-state index in [4.69, 9.17) is 14.7 Å². The minimum atomic E-state index is -0.441. The van der Waals surface area contributed by atoms with E-state index in [0.717, 1.165) is 56.0 Å². The highest BCUT2D eigenvalue weighted by Gasteiger charge is 2.09. The van der Waals surface area contributed by atoms with E-state index in [0.29, 0.717) is 11.3 Å². The molecule has 0 radical (unpaired) electrons. The van der Waals surface area contributed by atoms with Crippen LogP contribution in [0.4, 0.5) is 0 Å². The molecule has 36 heavy (non-hydrogen) atoms. The highest BCUT2D eigenvalue weighted by molar-refractivity contribution is 5.90. The maximum absolute atomic E-state index is 11.9. The van der Waals surface area contributed by atoms with Crippen molar-refractivity contribution < 1.29 is 9.53 Å². The van der Waals surface area contributed by atoms with Crippen molar-refractivity contribution in [3.63, 3.8) is 0 Å². The second kappa shape index (κ2) is 8.67. The summed E-state index contributed by atoms with van der Waals surface area (Å²) in [5, 5.41) is 0. The zero-order valence-electron chi connectivity index (χ0n) is 19.6. The molecular weight excluding hydrogens is 448 g/mol. The van der Waals surface area contributed by atoms with Gasteiger partial charge < -0.3 is 14.7 Å². The zero-order chi connectivity index (χ0) is 24.6. The molecule has 6 heteroatoms. The fourth-order valence-corrected chi connectivity index (χ4v) is 4.15. The summed E-state index contributed by atoms with van der Waals surface area (Å²) in [6.07, 6.45) is 8.00. The van der Waals surface area contributed by atoms with E-state index in [1.54, 1.807) is 19.1 Å². The molecule has 2 aliphatic rings. The lowest BCUT2D eigenvalue weighted by Gasteiger charge is -2.05. The summed E-state index contributed by atoms with van der Waals surface area (Å²) in [5.41, 5.74) is 9.61. The number of nitrogens with one attached hydrogen (secondary N) is 2. The number of esters is 1. The van der Waals surface area contributed by atoms with Gasteiger partial charge in [0.15, 0.2) is 0 Å². The number of hydrogen-bond donors (Lipinski definition) is 2. The average Bonchev–Trinajstić information content (AvgIpc) is 3.65. The van der Waals surface area contributed by atoms with Crippen LogP contribution in [0.25, 0.3) is 57.5 Å². The molecule has 0 atom stereocenters. The number of nitrogens with zero attached hydrogens (tertiary/aromatic N) is 2. The predicted octanol–water partition coefficient (Wildman–Crippen LogP) is 6.80. The number of carbonyl (C=O) groups is 1. The number of benzene rings is 1. The Labute approximate surface area is 207 Å². The number of hydrogen-bond acceptors (Lipinski definition) is 4. The number of carbonyl (C=O) groups excluding carboxylic acids is 1. The second-order valence-corrected chi connectivity index (χ2v) is 8.78. The Bertz CT molecular complexity index is 1750. The van der Waals surface area contributed by atoms with Crippen molar-refractivity contribution in [2.24, 2.45) is 0 Å². The van der Waals surface area contributed by atoms with Crippen molar-refractivity contribution >= 4 is 52.3 Å². The fraction of sp³-hybridized carbons (Fsp3) is 0.0333. The fourth-order valence-electron chi connectivity index (χ4n) is 4.15. The van der Waals surface area contributed by atoms with Crippen LogP contribution in [0, 0.1) is 0 Å². The first-order valence-electron chi connectivity index (χ1n) is 11.6. The molecule has 174 valence electrons. The molecule has 3 aromatic heterocycles. The van der Waals surface area contributed by atoms with Gasteiger partial charge in [-0.15, -0.1) is 0 Å². The van der Waals surface area contributed by atoms with Crippen LogP contribution in [-0.4, -0.2) is 25.9 Å². The molecule has 5 heterocycles. The van der Waals surface area contributed by atoms with Gasteiger partial charge in [0.25, 0.3) is 0 Å². The minimum Gasteiger partial charge on any atom is -0.423 e. The van der Waals surface area contributed by atoms with Gasteiger partial charge in [0.05, 0.1) is 22.8 Å². The van der Waals surface area contributed by atoms with Gasteiger partial charge in [-0.2, -0.15) is 0 Å². The molecule has 2 aliphatic heterocycles.